The summed E-state index contributed by atoms with van der Waals surface area (Å²) < 4.78 is 5.12. The normalized spacial score (nSPS) is 9.89. The van der Waals surface area contributed by atoms with Gasteiger partial charge in [-0.1, -0.05) is 24.3 Å². The summed E-state index contributed by atoms with van der Waals surface area (Å²) in [6.45, 7) is 0. The molecule has 0 spiro atoms. The quantitative estimate of drug-likeness (QED) is 0.897. The Hall–Kier alpha value is -2.29. The number of nitrogens with one attached hydrogen (secondary N) is 1. The molecule has 2 aromatic rings. The van der Waals surface area contributed by atoms with Crippen molar-refractivity contribution in [2.75, 3.05) is 14.2 Å². The van der Waals surface area contributed by atoms with Crippen molar-refractivity contribution >= 4 is 5.91 Å². The molecule has 1 N–H and O–H groups in total. The minimum atomic E-state index is -0.0729. The van der Waals surface area contributed by atoms with Crippen LogP contribution in [0.3, 0.4) is 0 Å². The number of carbonyl (C=O) groups is 1. The highest BCUT2D eigenvalue weighted by atomic mass is 16.5. The van der Waals surface area contributed by atoms with Crippen LogP contribution in [-0.4, -0.2) is 20.1 Å². The number of ether oxygens (including phenoxy) is 1. The molecular weight excluding hydrogens is 226 g/mol. The summed E-state index contributed by atoms with van der Waals surface area (Å²) in [4.78, 5) is 11.4. The molecule has 0 bridgehead atoms. The molecule has 0 aliphatic carbocycles. The first-order valence-electron chi connectivity index (χ1n) is 5.71. The second-order valence-electron chi connectivity index (χ2n) is 3.88. The highest BCUT2D eigenvalue weighted by Crippen LogP contribution is 2.22. The number of rotatable bonds is 3. The number of benzene rings is 2. The van der Waals surface area contributed by atoms with Gasteiger partial charge in [-0.15, -0.1) is 0 Å². The Morgan fingerprint density at radius 2 is 1.44 bits per heavy atom. The van der Waals surface area contributed by atoms with Crippen LogP contribution in [0.2, 0.25) is 0 Å². The minimum Gasteiger partial charge on any atom is -0.497 e. The molecule has 3 heteroatoms. The van der Waals surface area contributed by atoms with Crippen LogP contribution in [0.4, 0.5) is 0 Å². The summed E-state index contributed by atoms with van der Waals surface area (Å²) in [5, 5.41) is 2.60. The molecule has 0 atom stereocenters. The van der Waals surface area contributed by atoms with Crippen LogP contribution in [0.15, 0.2) is 48.5 Å². The summed E-state index contributed by atoms with van der Waals surface area (Å²) in [6.07, 6.45) is 0. The number of amides is 1. The zero-order valence-corrected chi connectivity index (χ0v) is 10.4. The Kier molecular flexibility index (Phi) is 3.63. The van der Waals surface area contributed by atoms with Gasteiger partial charge in [-0.25, -0.2) is 0 Å². The van der Waals surface area contributed by atoms with Crippen LogP contribution in [-0.2, 0) is 0 Å². The van der Waals surface area contributed by atoms with E-state index in [1.54, 1.807) is 14.2 Å². The van der Waals surface area contributed by atoms with E-state index in [2.05, 4.69) is 5.32 Å². The Balaban J connectivity index is 2.25. The SMILES string of the molecule is CNC(=O)c1ccc(-c2ccc(OC)cc2)cc1. The van der Waals surface area contributed by atoms with Gasteiger partial charge in [-0.3, -0.25) is 4.79 Å². The van der Waals surface area contributed by atoms with E-state index in [1.165, 1.54) is 0 Å². The number of methoxy groups -OCH3 is 1. The monoisotopic (exact) mass is 241 g/mol. The van der Waals surface area contributed by atoms with Crippen LogP contribution in [0.5, 0.6) is 5.75 Å². The molecule has 0 aliphatic heterocycles. The molecule has 0 unspecified atom stereocenters. The topological polar surface area (TPSA) is 38.3 Å². The van der Waals surface area contributed by atoms with E-state index in [9.17, 15) is 4.79 Å². The molecule has 0 radical (unpaired) electrons. The Labute approximate surface area is 106 Å². The molecule has 1 amide bonds. The third-order valence-electron chi connectivity index (χ3n) is 2.80. The lowest BCUT2D eigenvalue weighted by Gasteiger charge is -2.05. The lowest BCUT2D eigenvalue weighted by atomic mass is 10.0. The molecule has 0 saturated heterocycles. The summed E-state index contributed by atoms with van der Waals surface area (Å²) in [7, 11) is 3.27. The van der Waals surface area contributed by atoms with Gasteiger partial charge in [0, 0.05) is 12.6 Å². The van der Waals surface area contributed by atoms with Gasteiger partial charge in [0.2, 0.25) is 0 Å². The maximum atomic E-state index is 11.4. The molecule has 18 heavy (non-hydrogen) atoms. The van der Waals surface area contributed by atoms with Crippen LogP contribution >= 0.6 is 0 Å². The average molecular weight is 241 g/mol. The van der Waals surface area contributed by atoms with Crippen molar-refractivity contribution in [1.82, 2.24) is 5.32 Å². The molecule has 2 rings (SSSR count). The van der Waals surface area contributed by atoms with Gasteiger partial charge in [-0.2, -0.15) is 0 Å². The summed E-state index contributed by atoms with van der Waals surface area (Å²) in [5.74, 6) is 0.761. The predicted molar refractivity (Wildman–Crippen MR) is 71.8 cm³/mol. The number of hydrogen-bond donors (Lipinski definition) is 1. The standard InChI is InChI=1S/C15H15NO2/c1-16-15(17)13-5-3-11(4-6-13)12-7-9-14(18-2)10-8-12/h3-10H,1-2H3,(H,16,17). The van der Waals surface area contributed by atoms with Crippen molar-refractivity contribution in [2.24, 2.45) is 0 Å². The zero-order valence-electron chi connectivity index (χ0n) is 10.4. The molecule has 0 heterocycles. The van der Waals surface area contributed by atoms with Gasteiger partial charge in [0.15, 0.2) is 0 Å². The fourth-order valence-electron chi connectivity index (χ4n) is 1.74. The summed E-state index contributed by atoms with van der Waals surface area (Å²) in [5.41, 5.74) is 2.83. The molecule has 0 saturated carbocycles. The van der Waals surface area contributed by atoms with Gasteiger partial charge in [0.1, 0.15) is 5.75 Å². The highest BCUT2D eigenvalue weighted by molar-refractivity contribution is 5.94. The Morgan fingerprint density at radius 1 is 0.944 bits per heavy atom. The fraction of sp³-hybridized carbons (Fsp3) is 0.133. The maximum absolute atomic E-state index is 11.4. The first kappa shape index (κ1) is 12.2. The van der Waals surface area contributed by atoms with Gasteiger partial charge in [-0.05, 0) is 35.4 Å². The molecule has 0 aliphatic rings. The zero-order chi connectivity index (χ0) is 13.0. The Morgan fingerprint density at radius 3 is 1.89 bits per heavy atom. The molecule has 92 valence electrons. The van der Waals surface area contributed by atoms with Crippen molar-refractivity contribution in [2.45, 2.75) is 0 Å². The van der Waals surface area contributed by atoms with Crippen molar-refractivity contribution in [3.8, 4) is 16.9 Å². The molecule has 2 aromatic carbocycles. The van der Waals surface area contributed by atoms with Crippen molar-refractivity contribution in [1.29, 1.82) is 0 Å². The van der Waals surface area contributed by atoms with Crippen molar-refractivity contribution < 1.29 is 9.53 Å². The molecule has 0 fully saturated rings. The third-order valence-corrected chi connectivity index (χ3v) is 2.80. The lowest BCUT2D eigenvalue weighted by Crippen LogP contribution is -2.17. The van der Waals surface area contributed by atoms with E-state index < -0.39 is 0 Å². The van der Waals surface area contributed by atoms with Crippen LogP contribution in [0.25, 0.3) is 11.1 Å². The van der Waals surface area contributed by atoms with Crippen molar-refractivity contribution in [3.63, 3.8) is 0 Å². The summed E-state index contributed by atoms with van der Waals surface area (Å²) >= 11 is 0. The van der Waals surface area contributed by atoms with E-state index in [1.807, 2.05) is 48.5 Å². The largest absolute Gasteiger partial charge is 0.497 e. The number of carbonyl (C=O) groups excluding carboxylic acids is 1. The second-order valence-corrected chi connectivity index (χ2v) is 3.88. The molecule has 3 nitrogen and oxygen atoms in total. The van der Waals surface area contributed by atoms with E-state index in [0.717, 1.165) is 16.9 Å². The van der Waals surface area contributed by atoms with Gasteiger partial charge < -0.3 is 10.1 Å². The minimum absolute atomic E-state index is 0.0729. The lowest BCUT2D eigenvalue weighted by molar-refractivity contribution is 0.0963. The van der Waals surface area contributed by atoms with Gasteiger partial charge >= 0.3 is 0 Å². The average Bonchev–Trinajstić information content (AvgIpc) is 2.47. The summed E-state index contributed by atoms with van der Waals surface area (Å²) in [6, 6.07) is 15.3. The van der Waals surface area contributed by atoms with Crippen LogP contribution < -0.4 is 10.1 Å². The first-order chi connectivity index (χ1) is 8.74. The highest BCUT2D eigenvalue weighted by Gasteiger charge is 2.03. The van der Waals surface area contributed by atoms with E-state index in [0.29, 0.717) is 5.56 Å². The van der Waals surface area contributed by atoms with E-state index in [-0.39, 0.29) is 5.91 Å². The maximum Gasteiger partial charge on any atom is 0.251 e. The number of hydrogen-bond acceptors (Lipinski definition) is 2. The first-order valence-corrected chi connectivity index (χ1v) is 5.71. The van der Waals surface area contributed by atoms with Crippen LogP contribution in [0.1, 0.15) is 10.4 Å². The van der Waals surface area contributed by atoms with Gasteiger partial charge in [0.25, 0.3) is 5.91 Å². The van der Waals surface area contributed by atoms with Crippen LogP contribution in [0, 0.1) is 0 Å². The molecular formula is C15H15NO2. The Bertz CT molecular complexity index is 529. The third kappa shape index (κ3) is 2.51. The van der Waals surface area contributed by atoms with Gasteiger partial charge in [0.05, 0.1) is 7.11 Å². The fourth-order valence-corrected chi connectivity index (χ4v) is 1.74. The van der Waals surface area contributed by atoms with E-state index >= 15 is 0 Å². The molecule has 0 aromatic heterocycles. The predicted octanol–water partition coefficient (Wildman–Crippen LogP) is 2.72. The second kappa shape index (κ2) is 5.36. The van der Waals surface area contributed by atoms with Crippen molar-refractivity contribution in [3.05, 3.63) is 54.1 Å². The van der Waals surface area contributed by atoms with E-state index in [4.69, 9.17) is 4.74 Å². The smallest absolute Gasteiger partial charge is 0.251 e.